The first-order valence-electron chi connectivity index (χ1n) is 8.98. The van der Waals surface area contributed by atoms with Crippen LogP contribution in [0.1, 0.15) is 24.1 Å². The van der Waals surface area contributed by atoms with Gasteiger partial charge in [0.2, 0.25) is 0 Å². The van der Waals surface area contributed by atoms with Crippen LogP contribution >= 0.6 is 24.0 Å². The summed E-state index contributed by atoms with van der Waals surface area (Å²) in [6.45, 7) is 4.30. The maximum atomic E-state index is 13.9. The molecular weight excluding hydrogens is 473 g/mol. The fourth-order valence-corrected chi connectivity index (χ4v) is 3.03. The Kier molecular flexibility index (Phi) is 8.22. The van der Waals surface area contributed by atoms with Gasteiger partial charge in [0.1, 0.15) is 11.6 Å². The highest BCUT2D eigenvalue weighted by Crippen LogP contribution is 2.19. The third kappa shape index (κ3) is 5.67. The number of anilines is 1. The average molecular weight is 498 g/mol. The maximum absolute atomic E-state index is 13.9. The molecule has 1 heterocycles. The average Bonchev–Trinajstić information content (AvgIpc) is 3.20. The number of nitrogens with one attached hydrogen (secondary N) is 2. The van der Waals surface area contributed by atoms with E-state index in [4.69, 9.17) is 0 Å². The van der Waals surface area contributed by atoms with Gasteiger partial charge < -0.3 is 15.5 Å². The Morgan fingerprint density at radius 2 is 1.79 bits per heavy atom. The molecule has 0 aromatic heterocycles. The molecule has 28 heavy (non-hydrogen) atoms. The highest BCUT2D eigenvalue weighted by molar-refractivity contribution is 14.0. The molecule has 2 N–H and O–H groups in total. The van der Waals surface area contributed by atoms with Gasteiger partial charge in [-0.3, -0.25) is 4.99 Å². The second-order valence-corrected chi connectivity index (χ2v) is 6.50. The van der Waals surface area contributed by atoms with Crippen molar-refractivity contribution in [3.63, 3.8) is 0 Å². The van der Waals surface area contributed by atoms with E-state index in [9.17, 15) is 8.78 Å². The number of benzene rings is 2. The molecule has 4 nitrogen and oxygen atoms in total. The van der Waals surface area contributed by atoms with Crippen molar-refractivity contribution >= 4 is 35.6 Å². The number of guanidine groups is 1. The number of hydrogen-bond donors (Lipinski definition) is 2. The fourth-order valence-electron chi connectivity index (χ4n) is 3.03. The third-order valence-corrected chi connectivity index (χ3v) is 4.59. The third-order valence-electron chi connectivity index (χ3n) is 4.59. The second-order valence-electron chi connectivity index (χ2n) is 6.50. The summed E-state index contributed by atoms with van der Waals surface area (Å²) in [4.78, 5) is 6.47. The zero-order valence-electron chi connectivity index (χ0n) is 16.0. The van der Waals surface area contributed by atoms with Gasteiger partial charge in [0.15, 0.2) is 5.96 Å². The van der Waals surface area contributed by atoms with Crippen LogP contribution in [0.3, 0.4) is 0 Å². The van der Waals surface area contributed by atoms with Crippen LogP contribution in [0.25, 0.3) is 0 Å². The largest absolute Gasteiger partial charge is 0.364 e. The predicted molar refractivity (Wildman–Crippen MR) is 121 cm³/mol. The lowest BCUT2D eigenvalue weighted by Gasteiger charge is -2.20. The standard InChI is InChI=1S/C21H24F2N4.HI/c1-15(19-10-7-17(22)13-20(19)23)26-21(24-2)25-14-16-5-8-18(9-6-16)27-11-3-4-12-27;/h3-10,13,15H,11-12,14H2,1-2H3,(H2,24,25,26);1H. The maximum Gasteiger partial charge on any atom is 0.191 e. The Labute approximate surface area is 181 Å². The zero-order valence-corrected chi connectivity index (χ0v) is 18.3. The Bertz CT molecular complexity index is 829. The molecule has 0 amide bonds. The van der Waals surface area contributed by atoms with Gasteiger partial charge in [0.05, 0.1) is 6.04 Å². The summed E-state index contributed by atoms with van der Waals surface area (Å²) in [6, 6.07) is 11.6. The molecule has 0 saturated carbocycles. The minimum atomic E-state index is -0.584. The summed E-state index contributed by atoms with van der Waals surface area (Å²) in [5, 5.41) is 6.35. The lowest BCUT2D eigenvalue weighted by molar-refractivity contribution is 0.551. The molecular formula is C21H25F2IN4. The minimum absolute atomic E-state index is 0. The molecule has 150 valence electrons. The number of rotatable bonds is 5. The molecule has 2 aromatic carbocycles. The van der Waals surface area contributed by atoms with Gasteiger partial charge in [-0.05, 0) is 30.7 Å². The van der Waals surface area contributed by atoms with Crippen LogP contribution in [0.15, 0.2) is 59.6 Å². The summed E-state index contributed by atoms with van der Waals surface area (Å²) in [5.74, 6) is -0.601. The fraction of sp³-hybridized carbons (Fsp3) is 0.286. The highest BCUT2D eigenvalue weighted by atomic mass is 127. The van der Waals surface area contributed by atoms with Gasteiger partial charge in [-0.2, -0.15) is 0 Å². The number of aliphatic imine (C=N–C) groups is 1. The minimum Gasteiger partial charge on any atom is -0.364 e. The summed E-state index contributed by atoms with van der Waals surface area (Å²) < 4.78 is 27.0. The van der Waals surface area contributed by atoms with Crippen LogP contribution in [-0.4, -0.2) is 26.1 Å². The van der Waals surface area contributed by atoms with Crippen molar-refractivity contribution < 1.29 is 8.78 Å². The summed E-state index contributed by atoms with van der Waals surface area (Å²) in [5.41, 5.74) is 2.71. The van der Waals surface area contributed by atoms with Gasteiger partial charge in [0.25, 0.3) is 0 Å². The molecule has 7 heteroatoms. The first kappa shape index (κ1) is 22.1. The lowest BCUT2D eigenvalue weighted by Crippen LogP contribution is -2.38. The van der Waals surface area contributed by atoms with E-state index in [1.165, 1.54) is 17.8 Å². The second kappa shape index (κ2) is 10.4. The molecule has 3 rings (SSSR count). The first-order valence-corrected chi connectivity index (χ1v) is 8.98. The SMILES string of the molecule is CN=C(NCc1ccc(N2CC=CC2)cc1)NC(C)c1ccc(F)cc1F.I. The lowest BCUT2D eigenvalue weighted by atomic mass is 10.1. The number of nitrogens with zero attached hydrogens (tertiary/aromatic N) is 2. The molecule has 0 aliphatic carbocycles. The van der Waals surface area contributed by atoms with E-state index < -0.39 is 11.6 Å². The molecule has 1 atom stereocenters. The summed E-state index contributed by atoms with van der Waals surface area (Å²) in [6.07, 6.45) is 4.33. The quantitative estimate of drug-likeness (QED) is 0.278. The van der Waals surface area contributed by atoms with E-state index in [0.29, 0.717) is 18.1 Å². The Balaban J connectivity index is 0.00000280. The first-order chi connectivity index (χ1) is 13.1. The van der Waals surface area contributed by atoms with Crippen molar-refractivity contribution in [1.29, 1.82) is 0 Å². The van der Waals surface area contributed by atoms with Crippen molar-refractivity contribution in [1.82, 2.24) is 10.6 Å². The smallest absolute Gasteiger partial charge is 0.191 e. The van der Waals surface area contributed by atoms with Gasteiger partial charge in [-0.25, -0.2) is 8.78 Å². The Morgan fingerprint density at radius 1 is 1.11 bits per heavy atom. The van der Waals surface area contributed by atoms with Crippen molar-refractivity contribution in [2.75, 3.05) is 25.0 Å². The molecule has 0 bridgehead atoms. The zero-order chi connectivity index (χ0) is 19.2. The van der Waals surface area contributed by atoms with E-state index in [0.717, 1.165) is 24.7 Å². The molecule has 1 aliphatic rings. The van der Waals surface area contributed by atoms with Crippen LogP contribution in [0.4, 0.5) is 14.5 Å². The predicted octanol–water partition coefficient (Wildman–Crippen LogP) is 4.39. The van der Waals surface area contributed by atoms with E-state index in [1.54, 1.807) is 7.05 Å². The van der Waals surface area contributed by atoms with E-state index in [-0.39, 0.29) is 30.0 Å². The number of halogens is 3. The van der Waals surface area contributed by atoms with Crippen molar-refractivity contribution in [3.8, 4) is 0 Å². The van der Waals surface area contributed by atoms with Crippen molar-refractivity contribution in [2.45, 2.75) is 19.5 Å². The molecule has 0 radical (unpaired) electrons. The summed E-state index contributed by atoms with van der Waals surface area (Å²) in [7, 11) is 1.66. The molecule has 0 fully saturated rings. The Hall–Kier alpha value is -2.16. The van der Waals surface area contributed by atoms with Crippen LogP contribution in [0.2, 0.25) is 0 Å². The topological polar surface area (TPSA) is 39.7 Å². The van der Waals surface area contributed by atoms with Gasteiger partial charge in [-0.1, -0.05) is 30.4 Å². The van der Waals surface area contributed by atoms with Crippen LogP contribution < -0.4 is 15.5 Å². The molecule has 0 saturated heterocycles. The molecule has 2 aromatic rings. The van der Waals surface area contributed by atoms with E-state index in [1.807, 2.05) is 6.92 Å². The highest BCUT2D eigenvalue weighted by Gasteiger charge is 2.13. The van der Waals surface area contributed by atoms with Gasteiger partial charge in [0, 0.05) is 44.0 Å². The van der Waals surface area contributed by atoms with Crippen LogP contribution in [-0.2, 0) is 6.54 Å². The van der Waals surface area contributed by atoms with E-state index >= 15 is 0 Å². The van der Waals surface area contributed by atoms with Crippen molar-refractivity contribution in [2.24, 2.45) is 4.99 Å². The van der Waals surface area contributed by atoms with Gasteiger partial charge in [-0.15, -0.1) is 24.0 Å². The van der Waals surface area contributed by atoms with E-state index in [2.05, 4.69) is 56.9 Å². The summed E-state index contributed by atoms with van der Waals surface area (Å²) >= 11 is 0. The normalized spacial score (nSPS) is 14.6. The van der Waals surface area contributed by atoms with Crippen LogP contribution in [0, 0.1) is 11.6 Å². The molecule has 1 unspecified atom stereocenters. The molecule has 1 aliphatic heterocycles. The Morgan fingerprint density at radius 3 is 2.39 bits per heavy atom. The molecule has 0 spiro atoms. The number of hydrogen-bond acceptors (Lipinski definition) is 2. The van der Waals surface area contributed by atoms with Gasteiger partial charge >= 0.3 is 0 Å². The van der Waals surface area contributed by atoms with Crippen molar-refractivity contribution in [3.05, 3.63) is 77.4 Å². The van der Waals surface area contributed by atoms with Crippen LogP contribution in [0.5, 0.6) is 0 Å². The monoisotopic (exact) mass is 498 g/mol.